The molecule has 162 valence electrons. The van der Waals surface area contributed by atoms with Gasteiger partial charge in [-0.25, -0.2) is 13.6 Å². The lowest BCUT2D eigenvalue weighted by Crippen LogP contribution is -2.53. The highest BCUT2D eigenvalue weighted by Crippen LogP contribution is 2.19. The zero-order valence-corrected chi connectivity index (χ0v) is 17.8. The van der Waals surface area contributed by atoms with E-state index in [1.54, 1.807) is 0 Å². The van der Waals surface area contributed by atoms with Gasteiger partial charge in [0.05, 0.1) is 12.3 Å². The largest absolute Gasteiger partial charge is 0.489 e. The van der Waals surface area contributed by atoms with Gasteiger partial charge in [0, 0.05) is 19.1 Å². The van der Waals surface area contributed by atoms with Crippen LogP contribution in [0.15, 0.2) is 54.6 Å². The van der Waals surface area contributed by atoms with Crippen LogP contribution in [0.2, 0.25) is 0 Å². The van der Waals surface area contributed by atoms with Gasteiger partial charge in [-0.3, -0.25) is 4.79 Å². The minimum Gasteiger partial charge on any atom is -0.489 e. The van der Waals surface area contributed by atoms with Gasteiger partial charge in [-0.15, -0.1) is 0 Å². The van der Waals surface area contributed by atoms with Gasteiger partial charge in [-0.1, -0.05) is 42.5 Å². The van der Waals surface area contributed by atoms with E-state index >= 15 is 0 Å². The molecule has 2 aromatic carbocycles. The average molecular weight is 432 g/mol. The summed E-state index contributed by atoms with van der Waals surface area (Å²) < 4.78 is 28.4. The van der Waals surface area contributed by atoms with Crippen molar-refractivity contribution < 1.29 is 17.9 Å². The first kappa shape index (κ1) is 22.3. The molecule has 30 heavy (non-hydrogen) atoms. The molecule has 1 fully saturated rings. The van der Waals surface area contributed by atoms with Gasteiger partial charge < -0.3 is 15.0 Å². The fourth-order valence-electron chi connectivity index (χ4n) is 3.63. The number of piperazine rings is 1. The highest BCUT2D eigenvalue weighted by molar-refractivity contribution is 7.89. The maximum absolute atomic E-state index is 12.4. The van der Waals surface area contributed by atoms with Crippen molar-refractivity contribution in [3.8, 4) is 5.75 Å². The van der Waals surface area contributed by atoms with Crippen LogP contribution < -0.4 is 15.2 Å². The number of primary sulfonamides is 1. The molecule has 1 amide bonds. The summed E-state index contributed by atoms with van der Waals surface area (Å²) in [5.41, 5.74) is 2.18. The Balaban J connectivity index is 1.61. The molecule has 0 bridgehead atoms. The lowest BCUT2D eigenvalue weighted by Gasteiger charge is -2.35. The maximum Gasteiger partial charge on any atom is 0.236 e. The average Bonchev–Trinajstić information content (AvgIpc) is 2.73. The zero-order chi connectivity index (χ0) is 21.4. The van der Waals surface area contributed by atoms with Crippen molar-refractivity contribution in [3.05, 3.63) is 65.7 Å². The van der Waals surface area contributed by atoms with Gasteiger partial charge in [0.15, 0.2) is 0 Å². The SMILES string of the molecule is NS(=O)(=O)CCCC(Cc1ccc(OCc2ccccc2)cc1)N1CCNCC1=O. The van der Waals surface area contributed by atoms with Gasteiger partial charge in [-0.2, -0.15) is 0 Å². The number of rotatable bonds is 10. The van der Waals surface area contributed by atoms with Gasteiger partial charge in [0.1, 0.15) is 12.4 Å². The Hall–Kier alpha value is -2.42. The Labute approximate surface area is 178 Å². The standard InChI is InChI=1S/C22H29N3O4S/c23-30(27,28)14-4-7-20(25-13-12-24-16-22(25)26)15-18-8-10-21(11-9-18)29-17-19-5-2-1-3-6-19/h1-3,5-6,8-11,20,24H,4,7,12-17H2,(H2,23,27,28). The molecule has 0 spiro atoms. The normalized spacial score (nSPS) is 15.8. The van der Waals surface area contributed by atoms with E-state index in [-0.39, 0.29) is 17.7 Å². The quantitative estimate of drug-likeness (QED) is 0.596. The van der Waals surface area contributed by atoms with E-state index in [0.717, 1.165) is 23.4 Å². The molecule has 3 N–H and O–H groups in total. The van der Waals surface area contributed by atoms with Crippen LogP contribution in [-0.2, 0) is 27.8 Å². The van der Waals surface area contributed by atoms with Crippen molar-refractivity contribution in [3.63, 3.8) is 0 Å². The summed E-state index contributed by atoms with van der Waals surface area (Å²) in [5, 5.41) is 8.21. The van der Waals surface area contributed by atoms with E-state index in [1.807, 2.05) is 59.5 Å². The molecular formula is C22H29N3O4S. The van der Waals surface area contributed by atoms with Crippen molar-refractivity contribution in [2.24, 2.45) is 5.14 Å². The molecule has 1 saturated heterocycles. The number of nitrogens with one attached hydrogen (secondary N) is 1. The number of carbonyl (C=O) groups excluding carboxylic acids is 1. The Morgan fingerprint density at radius 2 is 1.80 bits per heavy atom. The van der Waals surface area contributed by atoms with Crippen LogP contribution in [0.1, 0.15) is 24.0 Å². The Morgan fingerprint density at radius 1 is 1.07 bits per heavy atom. The molecule has 1 aliphatic heterocycles. The van der Waals surface area contributed by atoms with Crippen LogP contribution >= 0.6 is 0 Å². The fraction of sp³-hybridized carbons (Fsp3) is 0.409. The van der Waals surface area contributed by atoms with E-state index in [2.05, 4.69) is 5.32 Å². The van der Waals surface area contributed by atoms with E-state index in [1.165, 1.54) is 0 Å². The molecule has 0 saturated carbocycles. The molecule has 1 heterocycles. The third-order valence-corrected chi connectivity index (χ3v) is 6.03. The maximum atomic E-state index is 12.4. The molecule has 0 aromatic heterocycles. The third kappa shape index (κ3) is 7.12. The molecular weight excluding hydrogens is 402 g/mol. The highest BCUT2D eigenvalue weighted by atomic mass is 32.2. The monoisotopic (exact) mass is 431 g/mol. The van der Waals surface area contributed by atoms with Crippen molar-refractivity contribution in [2.75, 3.05) is 25.4 Å². The highest BCUT2D eigenvalue weighted by Gasteiger charge is 2.26. The first-order valence-corrected chi connectivity index (χ1v) is 11.9. The second kappa shape index (κ2) is 10.6. The zero-order valence-electron chi connectivity index (χ0n) is 17.0. The summed E-state index contributed by atoms with van der Waals surface area (Å²) in [6, 6.07) is 17.8. The van der Waals surface area contributed by atoms with E-state index < -0.39 is 10.0 Å². The van der Waals surface area contributed by atoms with Gasteiger partial charge in [-0.05, 0) is 42.5 Å². The lowest BCUT2D eigenvalue weighted by molar-refractivity contribution is -0.134. The van der Waals surface area contributed by atoms with Crippen molar-refractivity contribution >= 4 is 15.9 Å². The van der Waals surface area contributed by atoms with Crippen molar-refractivity contribution in [2.45, 2.75) is 31.9 Å². The Kier molecular flexibility index (Phi) is 7.84. The van der Waals surface area contributed by atoms with Crippen LogP contribution in [0.4, 0.5) is 0 Å². The number of hydrogen-bond acceptors (Lipinski definition) is 5. The van der Waals surface area contributed by atoms with Crippen LogP contribution in [0.5, 0.6) is 5.75 Å². The number of benzene rings is 2. The first-order chi connectivity index (χ1) is 14.4. The number of ether oxygens (including phenoxy) is 1. The molecule has 8 heteroatoms. The Bertz CT molecular complexity index is 917. The van der Waals surface area contributed by atoms with Gasteiger partial charge in [0.25, 0.3) is 0 Å². The third-order valence-electron chi connectivity index (χ3n) is 5.18. The van der Waals surface area contributed by atoms with E-state index in [0.29, 0.717) is 39.0 Å². The van der Waals surface area contributed by atoms with Gasteiger partial charge in [0.2, 0.25) is 15.9 Å². The summed E-state index contributed by atoms with van der Waals surface area (Å²) in [4.78, 5) is 14.2. The summed E-state index contributed by atoms with van der Waals surface area (Å²) in [6.45, 7) is 2.18. The molecule has 1 unspecified atom stereocenters. The Morgan fingerprint density at radius 3 is 2.47 bits per heavy atom. The van der Waals surface area contributed by atoms with Gasteiger partial charge >= 0.3 is 0 Å². The number of nitrogens with two attached hydrogens (primary N) is 1. The minimum atomic E-state index is -3.50. The second-order valence-electron chi connectivity index (χ2n) is 7.55. The summed E-state index contributed by atoms with van der Waals surface area (Å²) in [6.07, 6.45) is 1.68. The number of nitrogens with zero attached hydrogens (tertiary/aromatic N) is 1. The number of carbonyl (C=O) groups is 1. The van der Waals surface area contributed by atoms with Crippen LogP contribution in [0.3, 0.4) is 0 Å². The molecule has 1 aliphatic rings. The van der Waals surface area contributed by atoms with E-state index in [9.17, 15) is 13.2 Å². The van der Waals surface area contributed by atoms with Crippen LogP contribution in [0, 0.1) is 0 Å². The predicted molar refractivity (Wildman–Crippen MR) is 116 cm³/mol. The summed E-state index contributed by atoms with van der Waals surface area (Å²) in [5.74, 6) is 0.757. The van der Waals surface area contributed by atoms with Crippen LogP contribution in [-0.4, -0.2) is 50.7 Å². The smallest absolute Gasteiger partial charge is 0.236 e. The topological polar surface area (TPSA) is 102 Å². The molecule has 1 atom stereocenters. The lowest BCUT2D eigenvalue weighted by atomic mass is 9.99. The molecule has 0 aliphatic carbocycles. The number of sulfonamides is 1. The van der Waals surface area contributed by atoms with Crippen molar-refractivity contribution in [1.82, 2.24) is 10.2 Å². The predicted octanol–water partition coefficient (Wildman–Crippen LogP) is 1.68. The first-order valence-electron chi connectivity index (χ1n) is 10.2. The second-order valence-corrected chi connectivity index (χ2v) is 9.28. The number of hydrogen-bond donors (Lipinski definition) is 2. The van der Waals surface area contributed by atoms with Crippen molar-refractivity contribution in [1.29, 1.82) is 0 Å². The molecule has 2 aromatic rings. The molecule has 0 radical (unpaired) electrons. The fourth-order valence-corrected chi connectivity index (χ4v) is 4.20. The molecule has 7 nitrogen and oxygen atoms in total. The summed E-state index contributed by atoms with van der Waals surface area (Å²) >= 11 is 0. The van der Waals surface area contributed by atoms with Crippen LogP contribution in [0.25, 0.3) is 0 Å². The minimum absolute atomic E-state index is 0.0460. The summed E-state index contributed by atoms with van der Waals surface area (Å²) in [7, 11) is -3.50. The molecule has 3 rings (SSSR count). The number of amides is 1. The van der Waals surface area contributed by atoms with E-state index in [4.69, 9.17) is 9.88 Å².